The third-order valence-corrected chi connectivity index (χ3v) is 2.78. The molecule has 2 N–H and O–H groups in total. The molecule has 1 aliphatic rings. The largest absolute Gasteiger partial charge is 0.481 e. The summed E-state index contributed by atoms with van der Waals surface area (Å²) in [6.07, 6.45) is 1.30. The number of alkyl carbamates (subject to hydrolysis) is 1. The molecule has 1 saturated carbocycles. The van der Waals surface area contributed by atoms with Crippen molar-refractivity contribution in [3.8, 4) is 0 Å². The van der Waals surface area contributed by atoms with Crippen LogP contribution in [0.2, 0.25) is 0 Å². The molecule has 0 bridgehead atoms. The molecule has 5 heteroatoms. The first-order valence-electron chi connectivity index (χ1n) is 5.85. The Morgan fingerprint density at radius 1 is 1.29 bits per heavy atom. The Bertz CT molecular complexity index is 317. The van der Waals surface area contributed by atoms with Gasteiger partial charge in [0, 0.05) is 0 Å². The molecular formula is C12H21NO4. The quantitative estimate of drug-likeness (QED) is 0.793. The van der Waals surface area contributed by atoms with Gasteiger partial charge < -0.3 is 15.2 Å². The van der Waals surface area contributed by atoms with Crippen molar-refractivity contribution in [2.24, 2.45) is 5.92 Å². The van der Waals surface area contributed by atoms with E-state index in [0.717, 1.165) is 12.8 Å². The van der Waals surface area contributed by atoms with Crippen LogP contribution in [0.3, 0.4) is 0 Å². The predicted octanol–water partition coefficient (Wildman–Crippen LogP) is 2.15. The van der Waals surface area contributed by atoms with Crippen molar-refractivity contribution in [1.29, 1.82) is 0 Å². The fraction of sp³-hybridized carbons (Fsp3) is 0.833. The van der Waals surface area contributed by atoms with Gasteiger partial charge in [0.05, 0.1) is 12.0 Å². The highest BCUT2D eigenvalue weighted by atomic mass is 16.6. The van der Waals surface area contributed by atoms with E-state index in [2.05, 4.69) is 5.32 Å². The zero-order valence-electron chi connectivity index (χ0n) is 10.9. The topological polar surface area (TPSA) is 75.6 Å². The smallest absolute Gasteiger partial charge is 0.408 e. The predicted molar refractivity (Wildman–Crippen MR) is 62.8 cm³/mol. The van der Waals surface area contributed by atoms with Gasteiger partial charge in [-0.1, -0.05) is 0 Å². The van der Waals surface area contributed by atoms with Crippen molar-refractivity contribution in [3.05, 3.63) is 0 Å². The van der Waals surface area contributed by atoms with Crippen LogP contribution in [0.4, 0.5) is 4.79 Å². The van der Waals surface area contributed by atoms with E-state index in [4.69, 9.17) is 9.84 Å². The number of ether oxygens (including phenoxy) is 1. The zero-order valence-corrected chi connectivity index (χ0v) is 10.9. The summed E-state index contributed by atoms with van der Waals surface area (Å²) in [5.41, 5.74) is -1.27. The lowest BCUT2D eigenvalue weighted by Gasteiger charge is -2.31. The maximum Gasteiger partial charge on any atom is 0.408 e. The minimum atomic E-state index is -0.907. The highest BCUT2D eigenvalue weighted by molar-refractivity contribution is 5.73. The summed E-state index contributed by atoms with van der Waals surface area (Å²) in [6.45, 7) is 7.09. The van der Waals surface area contributed by atoms with Gasteiger partial charge in [0.25, 0.3) is 0 Å². The number of hydrogen-bond acceptors (Lipinski definition) is 3. The van der Waals surface area contributed by atoms with Crippen LogP contribution >= 0.6 is 0 Å². The van der Waals surface area contributed by atoms with Gasteiger partial charge in [-0.2, -0.15) is 0 Å². The lowest BCUT2D eigenvalue weighted by Crippen LogP contribution is -2.50. The molecule has 0 spiro atoms. The van der Waals surface area contributed by atoms with Gasteiger partial charge in [0.1, 0.15) is 5.60 Å². The van der Waals surface area contributed by atoms with Gasteiger partial charge in [-0.25, -0.2) is 4.79 Å². The summed E-state index contributed by atoms with van der Waals surface area (Å²) in [4.78, 5) is 22.5. The number of carbonyl (C=O) groups is 2. The molecule has 0 aromatic rings. The van der Waals surface area contributed by atoms with Crippen molar-refractivity contribution in [3.63, 3.8) is 0 Å². The summed E-state index contributed by atoms with van der Waals surface area (Å²) >= 11 is 0. The lowest BCUT2D eigenvalue weighted by molar-refractivity contribution is -0.138. The molecule has 0 saturated heterocycles. The first-order chi connectivity index (χ1) is 7.62. The number of carboxylic acid groups (broad SMARTS) is 1. The summed E-state index contributed by atoms with van der Waals surface area (Å²) in [5.74, 6) is -0.665. The molecule has 0 heterocycles. The number of carbonyl (C=O) groups excluding carboxylic acids is 1. The van der Waals surface area contributed by atoms with Gasteiger partial charge in [-0.05, 0) is 46.5 Å². The van der Waals surface area contributed by atoms with Crippen LogP contribution in [0.25, 0.3) is 0 Å². The Labute approximate surface area is 102 Å². The van der Waals surface area contributed by atoms with Crippen LogP contribution in [-0.2, 0) is 9.53 Å². The molecular weight excluding hydrogens is 222 g/mol. The molecule has 17 heavy (non-hydrogen) atoms. The number of aliphatic carboxylic acids is 1. The van der Waals surface area contributed by atoms with E-state index in [0.29, 0.717) is 0 Å². The van der Waals surface area contributed by atoms with Crippen molar-refractivity contribution in [2.75, 3.05) is 0 Å². The molecule has 1 unspecified atom stereocenters. The number of rotatable bonds is 4. The molecule has 1 aliphatic carbocycles. The molecule has 98 valence electrons. The van der Waals surface area contributed by atoms with E-state index in [1.807, 2.05) is 0 Å². The highest BCUT2D eigenvalue weighted by Gasteiger charge is 2.44. The van der Waals surface area contributed by atoms with Crippen LogP contribution in [0.15, 0.2) is 0 Å². The van der Waals surface area contributed by atoms with E-state index in [1.165, 1.54) is 0 Å². The zero-order chi connectivity index (χ0) is 13.3. The van der Waals surface area contributed by atoms with Gasteiger partial charge in [0.15, 0.2) is 0 Å². The first kappa shape index (κ1) is 13.8. The highest BCUT2D eigenvalue weighted by Crippen LogP contribution is 2.41. The SMILES string of the molecule is CC(C)(C)OC(=O)NC(C)(CC(=O)O)C1CC1. The maximum atomic E-state index is 11.7. The fourth-order valence-electron chi connectivity index (χ4n) is 1.86. The maximum absolute atomic E-state index is 11.7. The summed E-state index contributed by atoms with van der Waals surface area (Å²) in [5, 5.41) is 11.6. The summed E-state index contributed by atoms with van der Waals surface area (Å²) in [6, 6.07) is 0. The normalized spacial score (nSPS) is 19.3. The number of amides is 1. The van der Waals surface area contributed by atoms with Crippen LogP contribution in [0, 0.1) is 5.92 Å². The Morgan fingerprint density at radius 2 is 1.82 bits per heavy atom. The lowest BCUT2D eigenvalue weighted by atomic mass is 9.92. The second-order valence-corrected chi connectivity index (χ2v) is 5.89. The van der Waals surface area contributed by atoms with E-state index in [9.17, 15) is 9.59 Å². The Kier molecular flexibility index (Phi) is 3.69. The Morgan fingerprint density at radius 3 is 2.18 bits per heavy atom. The van der Waals surface area contributed by atoms with Gasteiger partial charge >= 0.3 is 12.1 Å². The molecule has 1 amide bonds. The number of carboxylic acids is 1. The molecule has 0 aromatic carbocycles. The summed E-state index contributed by atoms with van der Waals surface area (Å²) in [7, 11) is 0. The molecule has 1 atom stereocenters. The molecule has 0 aliphatic heterocycles. The molecule has 0 aromatic heterocycles. The average molecular weight is 243 g/mol. The third kappa shape index (κ3) is 4.63. The average Bonchev–Trinajstić information content (AvgIpc) is 2.77. The Hall–Kier alpha value is -1.26. The van der Waals surface area contributed by atoms with Crippen LogP contribution in [-0.4, -0.2) is 28.3 Å². The molecule has 1 fully saturated rings. The van der Waals surface area contributed by atoms with Crippen molar-refractivity contribution >= 4 is 12.1 Å². The fourth-order valence-corrected chi connectivity index (χ4v) is 1.86. The minimum absolute atomic E-state index is 0.0725. The second-order valence-electron chi connectivity index (χ2n) is 5.89. The summed E-state index contributed by atoms with van der Waals surface area (Å²) < 4.78 is 5.15. The van der Waals surface area contributed by atoms with Gasteiger partial charge in [0.2, 0.25) is 0 Å². The van der Waals surface area contributed by atoms with Gasteiger partial charge in [-0.3, -0.25) is 4.79 Å². The molecule has 0 radical (unpaired) electrons. The van der Waals surface area contributed by atoms with Crippen molar-refractivity contribution in [1.82, 2.24) is 5.32 Å². The number of nitrogens with one attached hydrogen (secondary N) is 1. The van der Waals surface area contributed by atoms with Crippen LogP contribution < -0.4 is 5.32 Å². The van der Waals surface area contributed by atoms with E-state index >= 15 is 0 Å². The minimum Gasteiger partial charge on any atom is -0.481 e. The Balaban J connectivity index is 2.61. The third-order valence-electron chi connectivity index (χ3n) is 2.78. The first-order valence-corrected chi connectivity index (χ1v) is 5.85. The van der Waals surface area contributed by atoms with Crippen LogP contribution in [0.5, 0.6) is 0 Å². The van der Waals surface area contributed by atoms with E-state index in [1.54, 1.807) is 27.7 Å². The molecule has 1 rings (SSSR count). The van der Waals surface area contributed by atoms with Crippen LogP contribution in [0.1, 0.15) is 47.0 Å². The molecule has 5 nitrogen and oxygen atoms in total. The van der Waals surface area contributed by atoms with E-state index < -0.39 is 23.2 Å². The number of hydrogen-bond donors (Lipinski definition) is 2. The standard InChI is InChI=1S/C12H21NO4/c1-11(2,3)17-10(16)13-12(4,7-9(14)15)8-5-6-8/h8H,5-7H2,1-4H3,(H,13,16)(H,14,15). The van der Waals surface area contributed by atoms with E-state index in [-0.39, 0.29) is 12.3 Å². The van der Waals surface area contributed by atoms with Gasteiger partial charge in [-0.15, -0.1) is 0 Å². The second kappa shape index (κ2) is 4.55. The van der Waals surface area contributed by atoms with Crippen molar-refractivity contribution in [2.45, 2.75) is 58.1 Å². The van der Waals surface area contributed by atoms with Crippen molar-refractivity contribution < 1.29 is 19.4 Å². The monoisotopic (exact) mass is 243 g/mol.